The number of aromatic nitrogens is 2. The van der Waals surface area contributed by atoms with Gasteiger partial charge in [-0.1, -0.05) is 31.5 Å². The number of carbonyl (C=O) groups is 1. The minimum atomic E-state index is 0.00158. The summed E-state index contributed by atoms with van der Waals surface area (Å²) in [5.41, 5.74) is 3.13. The van der Waals surface area contributed by atoms with E-state index in [0.29, 0.717) is 24.5 Å². The van der Waals surface area contributed by atoms with Gasteiger partial charge >= 0.3 is 0 Å². The molecule has 0 radical (unpaired) electrons. The molecule has 160 valence electrons. The number of nitrogens with one attached hydrogen (secondary N) is 1. The quantitative estimate of drug-likeness (QED) is 0.483. The van der Waals surface area contributed by atoms with E-state index in [4.69, 9.17) is 14.5 Å². The van der Waals surface area contributed by atoms with Crippen molar-refractivity contribution in [2.45, 2.75) is 45.6 Å². The molecule has 0 aliphatic rings. The molecule has 2 aromatic carbocycles. The van der Waals surface area contributed by atoms with Crippen molar-refractivity contribution in [2.75, 3.05) is 20.8 Å². The molecule has 0 saturated heterocycles. The number of fused-ring (bicyclic) bond motifs is 1. The number of hydrogen-bond acceptors (Lipinski definition) is 4. The second-order valence-corrected chi connectivity index (χ2v) is 7.34. The summed E-state index contributed by atoms with van der Waals surface area (Å²) in [4.78, 5) is 17.1. The number of para-hydroxylation sites is 2. The lowest BCUT2D eigenvalue weighted by molar-refractivity contribution is -0.120. The van der Waals surface area contributed by atoms with Crippen LogP contribution in [-0.2, 0) is 24.2 Å². The number of ether oxygens (including phenoxy) is 2. The predicted molar refractivity (Wildman–Crippen MR) is 119 cm³/mol. The lowest BCUT2D eigenvalue weighted by Crippen LogP contribution is -2.26. The number of unbranched alkanes of at least 4 members (excludes halogenated alkanes) is 1. The summed E-state index contributed by atoms with van der Waals surface area (Å²) in [6.07, 6.45) is 4.30. The Labute approximate surface area is 178 Å². The Kier molecular flexibility index (Phi) is 7.71. The summed E-state index contributed by atoms with van der Waals surface area (Å²) in [6.45, 7) is 3.81. The van der Waals surface area contributed by atoms with Gasteiger partial charge in [0.2, 0.25) is 5.91 Å². The monoisotopic (exact) mass is 409 g/mol. The van der Waals surface area contributed by atoms with Gasteiger partial charge in [0.05, 0.1) is 31.7 Å². The van der Waals surface area contributed by atoms with E-state index in [9.17, 15) is 4.79 Å². The fraction of sp³-hybridized carbons (Fsp3) is 0.417. The maximum atomic E-state index is 12.3. The van der Waals surface area contributed by atoms with Crippen LogP contribution < -0.4 is 14.8 Å². The minimum absolute atomic E-state index is 0.00158. The highest BCUT2D eigenvalue weighted by atomic mass is 16.5. The van der Waals surface area contributed by atoms with E-state index in [1.165, 1.54) is 5.52 Å². The molecule has 0 saturated carbocycles. The van der Waals surface area contributed by atoms with Crippen molar-refractivity contribution in [2.24, 2.45) is 0 Å². The highest BCUT2D eigenvalue weighted by Crippen LogP contribution is 2.27. The summed E-state index contributed by atoms with van der Waals surface area (Å²) in [5, 5.41) is 3.02. The summed E-state index contributed by atoms with van der Waals surface area (Å²) in [7, 11) is 3.19. The van der Waals surface area contributed by atoms with Gasteiger partial charge in [0.1, 0.15) is 5.82 Å². The van der Waals surface area contributed by atoms with Gasteiger partial charge in [-0.25, -0.2) is 4.98 Å². The number of rotatable bonds is 11. The highest BCUT2D eigenvalue weighted by Gasteiger charge is 2.11. The smallest absolute Gasteiger partial charge is 0.224 e. The average molecular weight is 410 g/mol. The van der Waals surface area contributed by atoms with Crippen molar-refractivity contribution < 1.29 is 14.3 Å². The predicted octanol–water partition coefficient (Wildman–Crippen LogP) is 4.15. The molecule has 0 atom stereocenters. The molecule has 0 unspecified atom stereocenters. The van der Waals surface area contributed by atoms with Crippen molar-refractivity contribution in [1.29, 1.82) is 0 Å². The molecule has 0 aliphatic heterocycles. The summed E-state index contributed by atoms with van der Waals surface area (Å²) < 4.78 is 12.9. The van der Waals surface area contributed by atoms with Gasteiger partial charge < -0.3 is 19.4 Å². The largest absolute Gasteiger partial charge is 0.493 e. The summed E-state index contributed by atoms with van der Waals surface area (Å²) in [6, 6.07) is 13.8. The first-order valence-electron chi connectivity index (χ1n) is 10.6. The SMILES string of the molecule is CCCCn1c(CCCNC(=O)Cc2ccc(OC)c(OC)c2)nc2ccccc21. The molecular weight excluding hydrogens is 378 g/mol. The Morgan fingerprint density at radius 1 is 1.07 bits per heavy atom. The number of aryl methyl sites for hydroxylation is 2. The average Bonchev–Trinajstić information content (AvgIpc) is 3.12. The lowest BCUT2D eigenvalue weighted by atomic mass is 10.1. The van der Waals surface area contributed by atoms with E-state index in [-0.39, 0.29) is 5.91 Å². The zero-order chi connectivity index (χ0) is 21.3. The number of hydrogen-bond donors (Lipinski definition) is 1. The van der Waals surface area contributed by atoms with E-state index in [1.807, 2.05) is 24.3 Å². The molecule has 1 N–H and O–H groups in total. The van der Waals surface area contributed by atoms with Gasteiger partial charge in [0.15, 0.2) is 11.5 Å². The third-order valence-electron chi connectivity index (χ3n) is 5.18. The summed E-state index contributed by atoms with van der Waals surface area (Å²) >= 11 is 0. The third-order valence-corrected chi connectivity index (χ3v) is 5.18. The van der Waals surface area contributed by atoms with Gasteiger partial charge in [0.25, 0.3) is 0 Å². The van der Waals surface area contributed by atoms with E-state index in [1.54, 1.807) is 14.2 Å². The molecule has 0 aliphatic carbocycles. The van der Waals surface area contributed by atoms with Crippen LogP contribution in [0.2, 0.25) is 0 Å². The molecule has 0 spiro atoms. The number of amides is 1. The molecule has 1 heterocycles. The van der Waals surface area contributed by atoms with E-state index >= 15 is 0 Å². The zero-order valence-corrected chi connectivity index (χ0v) is 18.1. The number of imidazole rings is 1. The number of carbonyl (C=O) groups excluding carboxylic acids is 1. The number of methoxy groups -OCH3 is 2. The maximum Gasteiger partial charge on any atom is 0.224 e. The minimum Gasteiger partial charge on any atom is -0.493 e. The Balaban J connectivity index is 1.53. The van der Waals surface area contributed by atoms with E-state index in [2.05, 4.69) is 35.0 Å². The first kappa shape index (κ1) is 21.7. The molecular formula is C24H31N3O3. The Morgan fingerprint density at radius 3 is 2.63 bits per heavy atom. The number of nitrogens with zero attached hydrogens (tertiary/aromatic N) is 2. The normalized spacial score (nSPS) is 10.9. The van der Waals surface area contributed by atoms with Crippen LogP contribution in [0.25, 0.3) is 11.0 Å². The first-order valence-corrected chi connectivity index (χ1v) is 10.6. The number of benzene rings is 2. The Hall–Kier alpha value is -3.02. The van der Waals surface area contributed by atoms with Crippen LogP contribution in [0.3, 0.4) is 0 Å². The highest BCUT2D eigenvalue weighted by molar-refractivity contribution is 5.78. The van der Waals surface area contributed by atoms with Crippen LogP contribution in [0.15, 0.2) is 42.5 Å². The van der Waals surface area contributed by atoms with Gasteiger partial charge in [-0.05, 0) is 42.7 Å². The van der Waals surface area contributed by atoms with Crippen molar-refractivity contribution in [3.63, 3.8) is 0 Å². The van der Waals surface area contributed by atoms with Gasteiger partial charge in [-0.2, -0.15) is 0 Å². The zero-order valence-electron chi connectivity index (χ0n) is 18.1. The summed E-state index contributed by atoms with van der Waals surface area (Å²) in [5.74, 6) is 2.39. The molecule has 1 amide bonds. The second kappa shape index (κ2) is 10.7. The fourth-order valence-electron chi connectivity index (χ4n) is 3.59. The molecule has 6 heteroatoms. The van der Waals surface area contributed by atoms with E-state index in [0.717, 1.165) is 49.1 Å². The van der Waals surface area contributed by atoms with Crippen LogP contribution in [0, 0.1) is 0 Å². The Morgan fingerprint density at radius 2 is 1.87 bits per heavy atom. The Bertz CT molecular complexity index is 981. The van der Waals surface area contributed by atoms with Crippen LogP contribution in [0.1, 0.15) is 37.6 Å². The first-order chi connectivity index (χ1) is 14.7. The molecule has 3 rings (SSSR count). The van der Waals surface area contributed by atoms with Gasteiger partial charge in [-0.15, -0.1) is 0 Å². The molecule has 0 bridgehead atoms. The van der Waals surface area contributed by atoms with E-state index < -0.39 is 0 Å². The molecule has 3 aromatic rings. The van der Waals surface area contributed by atoms with Gasteiger partial charge in [0, 0.05) is 19.5 Å². The van der Waals surface area contributed by atoms with Gasteiger partial charge in [-0.3, -0.25) is 4.79 Å². The maximum absolute atomic E-state index is 12.3. The van der Waals surface area contributed by atoms with Crippen molar-refractivity contribution >= 4 is 16.9 Å². The van der Waals surface area contributed by atoms with Crippen molar-refractivity contribution in [1.82, 2.24) is 14.9 Å². The van der Waals surface area contributed by atoms with Crippen LogP contribution in [-0.4, -0.2) is 36.2 Å². The van der Waals surface area contributed by atoms with Crippen LogP contribution in [0.5, 0.6) is 11.5 Å². The van der Waals surface area contributed by atoms with Crippen LogP contribution in [0.4, 0.5) is 0 Å². The lowest BCUT2D eigenvalue weighted by Gasteiger charge is -2.10. The van der Waals surface area contributed by atoms with Crippen molar-refractivity contribution in [3.8, 4) is 11.5 Å². The molecule has 0 fully saturated rings. The third kappa shape index (κ3) is 5.32. The van der Waals surface area contributed by atoms with Crippen LogP contribution >= 0.6 is 0 Å². The fourth-order valence-corrected chi connectivity index (χ4v) is 3.59. The standard InChI is InChI=1S/C24H31N3O3/c1-4-5-15-27-20-10-7-6-9-19(20)26-23(27)11-8-14-25-24(28)17-18-12-13-21(29-2)22(16-18)30-3/h6-7,9-10,12-13,16H,4-5,8,11,14-15,17H2,1-3H3,(H,25,28). The molecule has 30 heavy (non-hydrogen) atoms. The molecule has 1 aromatic heterocycles. The topological polar surface area (TPSA) is 65.4 Å². The molecule has 6 nitrogen and oxygen atoms in total. The van der Waals surface area contributed by atoms with Crippen molar-refractivity contribution in [3.05, 3.63) is 53.9 Å². The second-order valence-electron chi connectivity index (χ2n) is 7.34.